The van der Waals surface area contributed by atoms with E-state index < -0.39 is 0 Å². The van der Waals surface area contributed by atoms with Crippen molar-refractivity contribution in [3.8, 4) is 11.8 Å². The molecule has 3 nitrogen and oxygen atoms in total. The smallest absolute Gasteiger partial charge is 0.317 e. The number of methoxy groups -OCH3 is 1. The van der Waals surface area contributed by atoms with Crippen molar-refractivity contribution in [2.24, 2.45) is 0 Å². The zero-order valence-corrected chi connectivity index (χ0v) is 9.17. The van der Waals surface area contributed by atoms with Gasteiger partial charge >= 0.3 is 5.97 Å². The van der Waals surface area contributed by atoms with Gasteiger partial charge in [0.25, 0.3) is 0 Å². The van der Waals surface area contributed by atoms with Crippen LogP contribution in [0, 0.1) is 11.8 Å². The van der Waals surface area contributed by atoms with Gasteiger partial charge in [-0.15, -0.1) is 0 Å². The van der Waals surface area contributed by atoms with Gasteiger partial charge in [0.2, 0.25) is 0 Å². The van der Waals surface area contributed by atoms with Crippen molar-refractivity contribution in [2.75, 3.05) is 7.11 Å². The fourth-order valence-corrected chi connectivity index (χ4v) is 1.14. The number of rotatable bonds is 1. The molecule has 14 heavy (non-hydrogen) atoms. The summed E-state index contributed by atoms with van der Waals surface area (Å²) in [5.41, 5.74) is 0.816. The Morgan fingerprint density at radius 1 is 1.71 bits per heavy atom. The first kappa shape index (κ1) is 10.7. The van der Waals surface area contributed by atoms with Crippen molar-refractivity contribution in [1.29, 1.82) is 0 Å². The zero-order chi connectivity index (χ0) is 10.4. The van der Waals surface area contributed by atoms with Crippen molar-refractivity contribution in [2.45, 2.75) is 6.42 Å². The lowest BCUT2D eigenvalue weighted by molar-refractivity contribution is -0.139. The highest BCUT2D eigenvalue weighted by molar-refractivity contribution is 9.10. The summed E-state index contributed by atoms with van der Waals surface area (Å²) in [6.45, 7) is 0. The van der Waals surface area contributed by atoms with Gasteiger partial charge in [-0.1, -0.05) is 11.8 Å². The first-order valence-corrected chi connectivity index (χ1v) is 4.69. The number of carbonyl (C=O) groups excluding carboxylic acids is 1. The molecule has 1 aromatic heterocycles. The Morgan fingerprint density at radius 3 is 3.14 bits per heavy atom. The fourth-order valence-electron chi connectivity index (χ4n) is 0.771. The third-order valence-corrected chi connectivity index (χ3v) is 1.85. The van der Waals surface area contributed by atoms with E-state index in [1.807, 2.05) is 0 Å². The maximum atomic E-state index is 10.7. The Balaban J connectivity index is 2.64. The van der Waals surface area contributed by atoms with Crippen molar-refractivity contribution in [3.05, 3.63) is 28.5 Å². The van der Waals surface area contributed by atoms with Gasteiger partial charge in [-0.05, 0) is 28.1 Å². The van der Waals surface area contributed by atoms with E-state index in [1.165, 1.54) is 7.11 Å². The molecule has 0 bridgehead atoms. The van der Waals surface area contributed by atoms with Crippen LogP contribution in [-0.4, -0.2) is 18.1 Å². The molecule has 1 aromatic rings. The van der Waals surface area contributed by atoms with E-state index in [0.29, 0.717) is 0 Å². The Bertz CT molecular complexity index is 393. The van der Waals surface area contributed by atoms with E-state index in [1.54, 1.807) is 18.3 Å². The molecule has 0 unspecified atom stereocenters. The monoisotopic (exact) mass is 253 g/mol. The van der Waals surface area contributed by atoms with E-state index in [0.717, 1.165) is 10.2 Å². The molecule has 0 radical (unpaired) electrons. The molecule has 0 aliphatic carbocycles. The second-order valence-corrected chi connectivity index (χ2v) is 3.23. The topological polar surface area (TPSA) is 39.2 Å². The molecule has 0 amide bonds. The van der Waals surface area contributed by atoms with Gasteiger partial charge in [0.05, 0.1) is 7.11 Å². The van der Waals surface area contributed by atoms with Crippen LogP contribution in [0.3, 0.4) is 0 Å². The van der Waals surface area contributed by atoms with Crippen LogP contribution < -0.4 is 0 Å². The minimum atomic E-state index is -0.328. The van der Waals surface area contributed by atoms with E-state index >= 15 is 0 Å². The number of aromatic nitrogens is 1. The molecule has 1 heterocycles. The number of esters is 1. The predicted molar refractivity (Wildman–Crippen MR) is 55.4 cm³/mol. The highest BCUT2D eigenvalue weighted by Crippen LogP contribution is 2.06. The average molecular weight is 254 g/mol. The quantitative estimate of drug-likeness (QED) is 0.435. The van der Waals surface area contributed by atoms with Crippen LogP contribution in [0.5, 0.6) is 0 Å². The fraction of sp³-hybridized carbons (Fsp3) is 0.200. The summed E-state index contributed by atoms with van der Waals surface area (Å²) in [5.74, 6) is 5.21. The van der Waals surface area contributed by atoms with Crippen LogP contribution in [0.4, 0.5) is 0 Å². The van der Waals surface area contributed by atoms with Gasteiger partial charge in [-0.3, -0.25) is 4.79 Å². The summed E-state index contributed by atoms with van der Waals surface area (Å²) >= 11 is 3.23. The highest BCUT2D eigenvalue weighted by atomic mass is 79.9. The SMILES string of the molecule is COC(=O)CC#Cc1ccnc(Br)c1. The highest BCUT2D eigenvalue weighted by Gasteiger charge is 1.94. The molecule has 0 fully saturated rings. The minimum absolute atomic E-state index is 0.108. The van der Waals surface area contributed by atoms with Crippen LogP contribution in [0.2, 0.25) is 0 Å². The number of pyridine rings is 1. The Labute approximate surface area is 90.6 Å². The van der Waals surface area contributed by atoms with Crippen LogP contribution in [0.15, 0.2) is 22.9 Å². The number of hydrogen-bond donors (Lipinski definition) is 0. The van der Waals surface area contributed by atoms with Crippen molar-refractivity contribution >= 4 is 21.9 Å². The molecule has 4 heteroatoms. The second-order valence-electron chi connectivity index (χ2n) is 2.42. The third-order valence-electron chi connectivity index (χ3n) is 1.42. The van der Waals surface area contributed by atoms with Crippen LogP contribution in [0.1, 0.15) is 12.0 Å². The van der Waals surface area contributed by atoms with Gasteiger partial charge in [0.15, 0.2) is 0 Å². The van der Waals surface area contributed by atoms with E-state index in [4.69, 9.17) is 0 Å². The van der Waals surface area contributed by atoms with Gasteiger partial charge in [0.1, 0.15) is 11.0 Å². The summed E-state index contributed by atoms with van der Waals surface area (Å²) in [4.78, 5) is 14.7. The number of halogens is 1. The lowest BCUT2D eigenvalue weighted by atomic mass is 10.2. The maximum absolute atomic E-state index is 10.7. The lowest BCUT2D eigenvalue weighted by Gasteiger charge is -1.91. The number of carbonyl (C=O) groups is 1. The van der Waals surface area contributed by atoms with Crippen molar-refractivity contribution < 1.29 is 9.53 Å². The molecular formula is C10H8BrNO2. The molecule has 0 saturated carbocycles. The minimum Gasteiger partial charge on any atom is -0.468 e. The van der Waals surface area contributed by atoms with Crippen LogP contribution in [0.25, 0.3) is 0 Å². The molecule has 0 atom stereocenters. The third kappa shape index (κ3) is 3.58. The normalized spacial score (nSPS) is 8.71. The van der Waals surface area contributed by atoms with Gasteiger partial charge in [0, 0.05) is 11.8 Å². The molecular weight excluding hydrogens is 246 g/mol. The summed E-state index contributed by atoms with van der Waals surface area (Å²) in [6.07, 6.45) is 1.75. The maximum Gasteiger partial charge on any atom is 0.317 e. The molecule has 0 saturated heterocycles. The van der Waals surface area contributed by atoms with Crippen LogP contribution in [-0.2, 0) is 9.53 Å². The average Bonchev–Trinajstić information content (AvgIpc) is 2.17. The van der Waals surface area contributed by atoms with Gasteiger partial charge in [-0.25, -0.2) is 4.98 Å². The Morgan fingerprint density at radius 2 is 2.50 bits per heavy atom. The summed E-state index contributed by atoms with van der Waals surface area (Å²) in [5, 5.41) is 0. The van der Waals surface area contributed by atoms with Crippen molar-refractivity contribution in [1.82, 2.24) is 4.98 Å². The van der Waals surface area contributed by atoms with E-state index in [9.17, 15) is 4.79 Å². The first-order chi connectivity index (χ1) is 6.72. The molecule has 0 spiro atoms. The van der Waals surface area contributed by atoms with Gasteiger partial charge < -0.3 is 4.74 Å². The predicted octanol–water partition coefficient (Wildman–Crippen LogP) is 1.76. The summed E-state index contributed by atoms with van der Waals surface area (Å²) < 4.78 is 5.17. The molecule has 0 N–H and O–H groups in total. The Hall–Kier alpha value is -1.34. The lowest BCUT2D eigenvalue weighted by Crippen LogP contribution is -1.96. The largest absolute Gasteiger partial charge is 0.468 e. The first-order valence-electron chi connectivity index (χ1n) is 3.89. The second kappa shape index (κ2) is 5.40. The van der Waals surface area contributed by atoms with E-state index in [2.05, 4.69) is 37.5 Å². The molecule has 1 rings (SSSR count). The molecule has 0 aliphatic heterocycles. The summed E-state index contributed by atoms with van der Waals surface area (Å²) in [6, 6.07) is 3.55. The van der Waals surface area contributed by atoms with Gasteiger partial charge in [-0.2, -0.15) is 0 Å². The van der Waals surface area contributed by atoms with E-state index in [-0.39, 0.29) is 12.4 Å². The van der Waals surface area contributed by atoms with Crippen molar-refractivity contribution in [3.63, 3.8) is 0 Å². The molecule has 0 aliphatic rings. The number of hydrogen-bond acceptors (Lipinski definition) is 3. The number of nitrogens with zero attached hydrogens (tertiary/aromatic N) is 1. The molecule has 0 aromatic carbocycles. The Kier molecular flexibility index (Phi) is 4.14. The zero-order valence-electron chi connectivity index (χ0n) is 7.58. The standard InChI is InChI=1S/C10H8BrNO2/c1-14-10(13)4-2-3-8-5-6-12-9(11)7-8/h5-7H,4H2,1H3. The summed E-state index contributed by atoms with van der Waals surface area (Å²) in [7, 11) is 1.34. The molecule has 72 valence electrons. The number of ether oxygens (including phenoxy) is 1. The van der Waals surface area contributed by atoms with Crippen LogP contribution >= 0.6 is 15.9 Å².